The molecule has 1 fully saturated rings. The fraction of sp³-hybridized carbons (Fsp3) is 0.444. The number of hydrogen-bond donors (Lipinski definition) is 2. The number of nitrogens with two attached hydrogens (primary N) is 1. The Hall–Kier alpha value is -3.41. The molecule has 3 N–H and O–H groups in total. The van der Waals surface area contributed by atoms with Crippen molar-refractivity contribution in [3.05, 3.63) is 58.4 Å². The molecule has 35 heavy (non-hydrogen) atoms. The lowest BCUT2D eigenvalue weighted by atomic mass is 9.96. The largest absolute Gasteiger partial charge is 0.383 e. The van der Waals surface area contributed by atoms with Crippen LogP contribution in [0.25, 0.3) is 6.08 Å². The van der Waals surface area contributed by atoms with Crippen LogP contribution in [0.2, 0.25) is 0 Å². The quantitative estimate of drug-likeness (QED) is 0.424. The number of aryl methyl sites for hydroxylation is 1. The SMILES string of the molecule is COCC(C)n1c(C)cc(/C=C(\C#N)C(=O)Nc2cccc(CN3CCC(C(N)=O)CC3)c2)c1C. The number of likely N-dealkylation sites (tertiary alicyclic amines) is 1. The molecule has 1 aliphatic rings. The fourth-order valence-corrected chi connectivity index (χ4v) is 4.83. The molecule has 8 nitrogen and oxygen atoms in total. The van der Waals surface area contributed by atoms with Crippen molar-refractivity contribution in [2.75, 3.05) is 32.1 Å². The highest BCUT2D eigenvalue weighted by atomic mass is 16.5. The van der Waals surface area contributed by atoms with Gasteiger partial charge in [-0.05, 0) is 82.1 Å². The Morgan fingerprint density at radius 2 is 2.00 bits per heavy atom. The van der Waals surface area contributed by atoms with Gasteiger partial charge in [-0.3, -0.25) is 14.5 Å². The summed E-state index contributed by atoms with van der Waals surface area (Å²) < 4.78 is 7.43. The van der Waals surface area contributed by atoms with E-state index in [9.17, 15) is 14.9 Å². The number of anilines is 1. The van der Waals surface area contributed by atoms with Crippen molar-refractivity contribution < 1.29 is 14.3 Å². The summed E-state index contributed by atoms with van der Waals surface area (Å²) in [7, 11) is 1.67. The summed E-state index contributed by atoms with van der Waals surface area (Å²) in [4.78, 5) is 26.6. The van der Waals surface area contributed by atoms with Gasteiger partial charge in [-0.1, -0.05) is 12.1 Å². The summed E-state index contributed by atoms with van der Waals surface area (Å²) in [6.07, 6.45) is 3.18. The number of carbonyl (C=O) groups excluding carboxylic acids is 2. The van der Waals surface area contributed by atoms with Crippen LogP contribution in [0.15, 0.2) is 35.9 Å². The number of benzene rings is 1. The van der Waals surface area contributed by atoms with E-state index in [1.165, 1.54) is 0 Å². The smallest absolute Gasteiger partial charge is 0.266 e. The molecular formula is C27H35N5O3. The number of amides is 2. The van der Waals surface area contributed by atoms with Crippen LogP contribution in [0, 0.1) is 31.1 Å². The third kappa shape index (κ3) is 6.59. The molecule has 0 bridgehead atoms. The standard InChI is InChI=1S/C27H35N5O3/c1-18-12-23(20(3)32(18)19(2)17-35-4)14-24(15-28)27(34)30-25-7-5-6-21(13-25)16-31-10-8-22(9-11-31)26(29)33/h5-7,12-14,19,22H,8-11,16-17H2,1-4H3,(H2,29,33)(H,30,34)/b24-14+. The second-order valence-electron chi connectivity index (χ2n) is 9.28. The van der Waals surface area contributed by atoms with Crippen LogP contribution in [-0.2, 0) is 20.9 Å². The lowest BCUT2D eigenvalue weighted by Crippen LogP contribution is -2.38. The van der Waals surface area contributed by atoms with Crippen molar-refractivity contribution in [1.29, 1.82) is 5.26 Å². The number of aromatic nitrogens is 1. The zero-order chi connectivity index (χ0) is 25.5. The number of piperidine rings is 1. The van der Waals surface area contributed by atoms with Gasteiger partial charge in [-0.25, -0.2) is 0 Å². The highest BCUT2D eigenvalue weighted by Crippen LogP contribution is 2.24. The Labute approximate surface area is 207 Å². The van der Waals surface area contributed by atoms with Crippen LogP contribution in [0.4, 0.5) is 5.69 Å². The first-order valence-electron chi connectivity index (χ1n) is 11.9. The van der Waals surface area contributed by atoms with E-state index in [1.54, 1.807) is 13.2 Å². The van der Waals surface area contributed by atoms with Gasteiger partial charge in [-0.2, -0.15) is 5.26 Å². The van der Waals surface area contributed by atoms with Crippen molar-refractivity contribution in [2.24, 2.45) is 11.7 Å². The summed E-state index contributed by atoms with van der Waals surface area (Å²) in [6.45, 7) is 8.98. The van der Waals surface area contributed by atoms with Crippen molar-refractivity contribution in [2.45, 2.75) is 46.2 Å². The molecular weight excluding hydrogens is 442 g/mol. The van der Waals surface area contributed by atoms with Crippen LogP contribution in [0.1, 0.15) is 48.3 Å². The molecule has 0 aliphatic carbocycles. The van der Waals surface area contributed by atoms with E-state index in [4.69, 9.17) is 10.5 Å². The van der Waals surface area contributed by atoms with Gasteiger partial charge in [0.1, 0.15) is 11.6 Å². The van der Waals surface area contributed by atoms with Gasteiger partial charge < -0.3 is 20.4 Å². The molecule has 0 spiro atoms. The summed E-state index contributed by atoms with van der Waals surface area (Å²) in [5.41, 5.74) is 10.0. The van der Waals surface area contributed by atoms with Gasteiger partial charge in [0.2, 0.25) is 5.91 Å². The summed E-state index contributed by atoms with van der Waals surface area (Å²) in [5.74, 6) is -0.704. The Morgan fingerprint density at radius 1 is 1.29 bits per heavy atom. The van der Waals surface area contributed by atoms with E-state index >= 15 is 0 Å². The van der Waals surface area contributed by atoms with E-state index in [1.807, 2.05) is 50.2 Å². The monoisotopic (exact) mass is 477 g/mol. The molecule has 186 valence electrons. The average molecular weight is 478 g/mol. The van der Waals surface area contributed by atoms with Crippen molar-refractivity contribution in [3.63, 3.8) is 0 Å². The summed E-state index contributed by atoms with van der Waals surface area (Å²) in [6, 6.07) is 11.8. The van der Waals surface area contributed by atoms with E-state index in [0.717, 1.165) is 55.0 Å². The normalized spacial score (nSPS) is 16.0. The maximum Gasteiger partial charge on any atom is 0.266 e. The first kappa shape index (κ1) is 26.2. The van der Waals surface area contributed by atoms with Crippen molar-refractivity contribution in [3.8, 4) is 6.07 Å². The number of carbonyl (C=O) groups is 2. The van der Waals surface area contributed by atoms with Crippen molar-refractivity contribution in [1.82, 2.24) is 9.47 Å². The van der Waals surface area contributed by atoms with Gasteiger partial charge in [0.05, 0.1) is 12.6 Å². The third-order valence-electron chi connectivity index (χ3n) is 6.62. The molecule has 2 aromatic rings. The maximum atomic E-state index is 12.9. The summed E-state index contributed by atoms with van der Waals surface area (Å²) >= 11 is 0. The second kappa shape index (κ2) is 11.8. The van der Waals surface area contributed by atoms with E-state index < -0.39 is 5.91 Å². The minimum Gasteiger partial charge on any atom is -0.383 e. The molecule has 0 saturated carbocycles. The van der Waals surface area contributed by atoms with Gasteiger partial charge in [0.15, 0.2) is 0 Å². The van der Waals surface area contributed by atoms with Crippen LogP contribution < -0.4 is 11.1 Å². The predicted molar refractivity (Wildman–Crippen MR) is 136 cm³/mol. The Morgan fingerprint density at radius 3 is 2.63 bits per heavy atom. The molecule has 1 aromatic carbocycles. The second-order valence-corrected chi connectivity index (χ2v) is 9.28. The zero-order valence-electron chi connectivity index (χ0n) is 21.0. The van der Waals surface area contributed by atoms with E-state index in [0.29, 0.717) is 12.3 Å². The van der Waals surface area contributed by atoms with Crippen LogP contribution in [0.3, 0.4) is 0 Å². The van der Waals surface area contributed by atoms with Gasteiger partial charge >= 0.3 is 0 Å². The number of ether oxygens (including phenoxy) is 1. The minimum absolute atomic E-state index is 0.0411. The molecule has 8 heteroatoms. The first-order valence-corrected chi connectivity index (χ1v) is 11.9. The molecule has 2 heterocycles. The molecule has 1 saturated heterocycles. The number of rotatable bonds is 9. The van der Waals surface area contributed by atoms with E-state index in [-0.39, 0.29) is 23.4 Å². The number of nitrogens with zero attached hydrogens (tertiary/aromatic N) is 3. The molecule has 1 aliphatic heterocycles. The van der Waals surface area contributed by atoms with Gasteiger partial charge in [0.25, 0.3) is 5.91 Å². The van der Waals surface area contributed by atoms with Crippen molar-refractivity contribution >= 4 is 23.6 Å². The van der Waals surface area contributed by atoms with Crippen LogP contribution >= 0.6 is 0 Å². The predicted octanol–water partition coefficient (Wildman–Crippen LogP) is 3.56. The lowest BCUT2D eigenvalue weighted by Gasteiger charge is -2.30. The number of nitrogens with one attached hydrogen (secondary N) is 1. The average Bonchev–Trinajstić information content (AvgIpc) is 3.10. The molecule has 2 amide bonds. The first-order chi connectivity index (χ1) is 16.7. The molecule has 1 aromatic heterocycles. The highest BCUT2D eigenvalue weighted by molar-refractivity contribution is 6.09. The van der Waals surface area contributed by atoms with Gasteiger partial charge in [0, 0.05) is 36.6 Å². The molecule has 3 rings (SSSR count). The van der Waals surface area contributed by atoms with Gasteiger partial charge in [-0.15, -0.1) is 0 Å². The third-order valence-corrected chi connectivity index (χ3v) is 6.62. The topological polar surface area (TPSA) is 113 Å². The number of hydrogen-bond acceptors (Lipinski definition) is 5. The fourth-order valence-electron chi connectivity index (χ4n) is 4.83. The molecule has 1 unspecified atom stereocenters. The molecule has 0 radical (unpaired) electrons. The minimum atomic E-state index is -0.443. The number of nitriles is 1. The maximum absolute atomic E-state index is 12.9. The number of methoxy groups -OCH3 is 1. The van der Waals surface area contributed by atoms with Crippen LogP contribution in [-0.4, -0.2) is 48.1 Å². The Bertz CT molecular complexity index is 1140. The Kier molecular flexibility index (Phi) is 8.85. The Balaban J connectivity index is 1.69. The molecule has 1 atom stereocenters. The summed E-state index contributed by atoms with van der Waals surface area (Å²) in [5, 5.41) is 12.5. The van der Waals surface area contributed by atoms with Crippen LogP contribution in [0.5, 0.6) is 0 Å². The number of primary amides is 1. The lowest BCUT2D eigenvalue weighted by molar-refractivity contribution is -0.123. The zero-order valence-corrected chi connectivity index (χ0v) is 21.0. The highest BCUT2D eigenvalue weighted by Gasteiger charge is 2.23. The van der Waals surface area contributed by atoms with E-state index in [2.05, 4.69) is 21.7 Å².